The number of amides is 1. The number of rotatable bonds is 6. The van der Waals surface area contributed by atoms with Crippen molar-refractivity contribution in [2.24, 2.45) is 0 Å². The lowest BCUT2D eigenvalue weighted by molar-refractivity contribution is 0.0434. The Morgan fingerprint density at radius 1 is 1.32 bits per heavy atom. The van der Waals surface area contributed by atoms with E-state index in [9.17, 15) is 9.18 Å². The third-order valence-electron chi connectivity index (χ3n) is 4.80. The third-order valence-corrected chi connectivity index (χ3v) is 5.09. The maximum absolute atomic E-state index is 15.1. The number of nitrogens with one attached hydrogen (secondary N) is 2. The number of likely N-dealkylation sites (tertiary alicyclic amines) is 1. The van der Waals surface area contributed by atoms with E-state index in [0.717, 1.165) is 6.07 Å². The van der Waals surface area contributed by atoms with Crippen LogP contribution in [0.3, 0.4) is 0 Å². The maximum atomic E-state index is 15.1. The fourth-order valence-corrected chi connectivity index (χ4v) is 3.30. The van der Waals surface area contributed by atoms with Crippen LogP contribution in [0.4, 0.5) is 14.6 Å². The summed E-state index contributed by atoms with van der Waals surface area (Å²) < 4.78 is 28.3. The number of anilines is 1. The summed E-state index contributed by atoms with van der Waals surface area (Å²) in [5.41, 5.74) is -1.10. The molecule has 2 aromatic rings. The summed E-state index contributed by atoms with van der Waals surface area (Å²) in [7, 11) is 1.77. The molecule has 0 atom stereocenters. The second kappa shape index (κ2) is 8.79. The summed E-state index contributed by atoms with van der Waals surface area (Å²) >= 11 is 5.74. The normalized spacial score (nSPS) is 16.1. The van der Waals surface area contributed by atoms with Crippen LogP contribution in [0.5, 0.6) is 0 Å². The van der Waals surface area contributed by atoms with Gasteiger partial charge in [0.2, 0.25) is 0 Å². The Labute approximate surface area is 167 Å². The number of piperidine rings is 1. The molecule has 0 bridgehead atoms. The molecule has 2 N–H and O–H groups in total. The first-order valence-electron chi connectivity index (χ1n) is 9.04. The van der Waals surface area contributed by atoms with Crippen molar-refractivity contribution in [2.75, 3.05) is 32.0 Å². The highest BCUT2D eigenvalue weighted by atomic mass is 35.5. The van der Waals surface area contributed by atoms with E-state index in [4.69, 9.17) is 11.6 Å². The van der Waals surface area contributed by atoms with E-state index in [1.54, 1.807) is 24.2 Å². The molecule has 0 aliphatic carbocycles. The Morgan fingerprint density at radius 2 is 2.07 bits per heavy atom. The van der Waals surface area contributed by atoms with Crippen LogP contribution >= 0.6 is 11.6 Å². The molecule has 6 nitrogen and oxygen atoms in total. The highest BCUT2D eigenvalue weighted by Gasteiger charge is 2.36. The van der Waals surface area contributed by atoms with Crippen LogP contribution in [0.2, 0.25) is 5.02 Å². The van der Waals surface area contributed by atoms with Gasteiger partial charge in [-0.2, -0.15) is 0 Å². The van der Waals surface area contributed by atoms with Gasteiger partial charge in [-0.05, 0) is 24.3 Å². The molecule has 28 heavy (non-hydrogen) atoms. The average molecular weight is 410 g/mol. The van der Waals surface area contributed by atoms with E-state index in [1.807, 2.05) is 0 Å². The Bertz CT molecular complexity index is 843. The molecule has 1 aliphatic heterocycles. The number of hydrogen-bond donors (Lipinski definition) is 2. The average Bonchev–Trinajstić information content (AvgIpc) is 2.70. The van der Waals surface area contributed by atoms with E-state index in [1.165, 1.54) is 12.1 Å². The van der Waals surface area contributed by atoms with E-state index < -0.39 is 11.5 Å². The standard InChI is InChI=1S/C19H22ClF2N5O/c1-23-16-4-7-25-17(26-16)11-24-12-19(22)5-8-27(9-6-19)18(28)13-2-3-15(21)14(20)10-13/h2-4,7,10,24H,5-6,8-9,11-12H2,1H3,(H,23,25,26). The topological polar surface area (TPSA) is 70.2 Å². The van der Waals surface area contributed by atoms with Crippen molar-refractivity contribution in [3.63, 3.8) is 0 Å². The fourth-order valence-electron chi connectivity index (χ4n) is 3.12. The number of halogens is 3. The van der Waals surface area contributed by atoms with Gasteiger partial charge in [0.1, 0.15) is 23.1 Å². The summed E-state index contributed by atoms with van der Waals surface area (Å²) in [5.74, 6) is 0.440. The smallest absolute Gasteiger partial charge is 0.253 e. The molecular formula is C19H22ClF2N5O. The van der Waals surface area contributed by atoms with Crippen LogP contribution < -0.4 is 10.6 Å². The van der Waals surface area contributed by atoms with Crippen molar-refractivity contribution < 1.29 is 13.6 Å². The van der Waals surface area contributed by atoms with Crippen LogP contribution in [0.15, 0.2) is 30.5 Å². The first-order chi connectivity index (χ1) is 13.4. The van der Waals surface area contributed by atoms with E-state index >= 15 is 4.39 Å². The van der Waals surface area contributed by atoms with E-state index in [2.05, 4.69) is 20.6 Å². The molecule has 1 saturated heterocycles. The van der Waals surface area contributed by atoms with Gasteiger partial charge in [-0.15, -0.1) is 0 Å². The van der Waals surface area contributed by atoms with Gasteiger partial charge in [-0.1, -0.05) is 11.6 Å². The van der Waals surface area contributed by atoms with Gasteiger partial charge < -0.3 is 15.5 Å². The Morgan fingerprint density at radius 3 is 2.75 bits per heavy atom. The monoisotopic (exact) mass is 409 g/mol. The Kier molecular flexibility index (Phi) is 6.41. The van der Waals surface area contributed by atoms with Gasteiger partial charge in [0.05, 0.1) is 11.6 Å². The summed E-state index contributed by atoms with van der Waals surface area (Å²) in [4.78, 5) is 22.5. The van der Waals surface area contributed by atoms with Crippen LogP contribution in [0, 0.1) is 5.82 Å². The number of carbonyl (C=O) groups is 1. The number of benzene rings is 1. The zero-order chi connectivity index (χ0) is 20.1. The van der Waals surface area contributed by atoms with Gasteiger partial charge in [0.15, 0.2) is 0 Å². The molecule has 1 amide bonds. The molecule has 150 valence electrons. The quantitative estimate of drug-likeness (QED) is 0.767. The van der Waals surface area contributed by atoms with Crippen molar-refractivity contribution >= 4 is 23.3 Å². The van der Waals surface area contributed by atoms with E-state index in [0.29, 0.717) is 23.8 Å². The van der Waals surface area contributed by atoms with Crippen molar-refractivity contribution in [3.05, 3.63) is 52.7 Å². The molecule has 9 heteroatoms. The van der Waals surface area contributed by atoms with Gasteiger partial charge in [0.25, 0.3) is 5.91 Å². The predicted molar refractivity (Wildman–Crippen MR) is 104 cm³/mol. The molecule has 1 fully saturated rings. The van der Waals surface area contributed by atoms with Crippen LogP contribution in [-0.2, 0) is 6.54 Å². The van der Waals surface area contributed by atoms with E-state index in [-0.39, 0.29) is 43.4 Å². The summed E-state index contributed by atoms with van der Waals surface area (Å²) in [6, 6.07) is 5.61. The first-order valence-corrected chi connectivity index (χ1v) is 9.42. The van der Waals surface area contributed by atoms with Gasteiger partial charge in [-0.3, -0.25) is 4.79 Å². The molecule has 1 aromatic heterocycles. The number of hydrogen-bond acceptors (Lipinski definition) is 5. The van der Waals surface area contributed by atoms with Crippen molar-refractivity contribution in [3.8, 4) is 0 Å². The minimum absolute atomic E-state index is 0.101. The Hall–Kier alpha value is -2.32. The maximum Gasteiger partial charge on any atom is 0.253 e. The highest BCUT2D eigenvalue weighted by molar-refractivity contribution is 6.31. The minimum Gasteiger partial charge on any atom is -0.373 e. The van der Waals surface area contributed by atoms with Crippen molar-refractivity contribution in [1.82, 2.24) is 20.2 Å². The molecule has 2 heterocycles. The molecule has 3 rings (SSSR count). The number of nitrogens with zero attached hydrogens (tertiary/aromatic N) is 3. The molecule has 1 aliphatic rings. The van der Waals surface area contributed by atoms with Gasteiger partial charge >= 0.3 is 0 Å². The summed E-state index contributed by atoms with van der Waals surface area (Å²) in [6.45, 7) is 1.10. The zero-order valence-corrected chi connectivity index (χ0v) is 16.3. The molecule has 0 saturated carbocycles. The number of carbonyl (C=O) groups excluding carboxylic acids is 1. The van der Waals surface area contributed by atoms with Gasteiger partial charge in [0, 0.05) is 51.3 Å². The second-order valence-corrected chi connectivity index (χ2v) is 7.19. The second-order valence-electron chi connectivity index (χ2n) is 6.78. The third kappa shape index (κ3) is 4.94. The highest BCUT2D eigenvalue weighted by Crippen LogP contribution is 2.27. The minimum atomic E-state index is -1.40. The molecular weight excluding hydrogens is 388 g/mol. The predicted octanol–water partition coefficient (Wildman–Crippen LogP) is 3.04. The van der Waals surface area contributed by atoms with Gasteiger partial charge in [-0.25, -0.2) is 18.7 Å². The molecule has 0 spiro atoms. The lowest BCUT2D eigenvalue weighted by Crippen LogP contribution is -2.48. The first kappa shape index (κ1) is 20.4. The van der Waals surface area contributed by atoms with Crippen molar-refractivity contribution in [2.45, 2.75) is 25.1 Å². The zero-order valence-electron chi connectivity index (χ0n) is 15.5. The SMILES string of the molecule is CNc1ccnc(CNCC2(F)CCN(C(=O)c3ccc(F)c(Cl)c3)CC2)n1. The van der Waals surface area contributed by atoms with Crippen LogP contribution in [0.25, 0.3) is 0 Å². The molecule has 1 aromatic carbocycles. The summed E-state index contributed by atoms with van der Waals surface area (Å²) in [5, 5.41) is 5.89. The lowest BCUT2D eigenvalue weighted by Gasteiger charge is -2.36. The number of aromatic nitrogens is 2. The largest absolute Gasteiger partial charge is 0.373 e. The Balaban J connectivity index is 1.50. The molecule has 0 radical (unpaired) electrons. The molecule has 0 unspecified atom stereocenters. The number of alkyl halides is 1. The fraction of sp³-hybridized carbons (Fsp3) is 0.421. The lowest BCUT2D eigenvalue weighted by atomic mass is 9.92. The van der Waals surface area contributed by atoms with Crippen molar-refractivity contribution in [1.29, 1.82) is 0 Å². The van der Waals surface area contributed by atoms with Crippen LogP contribution in [0.1, 0.15) is 29.0 Å². The summed E-state index contributed by atoms with van der Waals surface area (Å²) in [6.07, 6.45) is 2.09. The van der Waals surface area contributed by atoms with Crippen LogP contribution in [-0.4, -0.2) is 53.1 Å².